The fourth-order valence-corrected chi connectivity index (χ4v) is 3.47. The second-order valence-electron chi connectivity index (χ2n) is 4.67. The van der Waals surface area contributed by atoms with E-state index < -0.39 is 9.84 Å². The van der Waals surface area contributed by atoms with Gasteiger partial charge in [0.15, 0.2) is 9.84 Å². The number of hydrogen-bond donors (Lipinski definition) is 0. The molecule has 3 nitrogen and oxygen atoms in total. The van der Waals surface area contributed by atoms with Gasteiger partial charge in [-0.1, -0.05) is 17.7 Å². The lowest BCUT2D eigenvalue weighted by molar-refractivity contribution is 0.163. The zero-order chi connectivity index (χ0) is 13.8. The highest BCUT2D eigenvalue weighted by molar-refractivity contribution is 7.90. The number of hydrogen-bond acceptors (Lipinski definition) is 3. The molecule has 0 bridgehead atoms. The van der Waals surface area contributed by atoms with E-state index in [1.807, 2.05) is 39.8 Å². The van der Waals surface area contributed by atoms with Crippen molar-refractivity contribution >= 4 is 9.84 Å². The predicted molar refractivity (Wildman–Crippen MR) is 74.6 cm³/mol. The van der Waals surface area contributed by atoms with E-state index in [-0.39, 0.29) is 18.1 Å². The molecule has 0 aliphatic rings. The van der Waals surface area contributed by atoms with Crippen LogP contribution in [0.1, 0.15) is 29.2 Å². The third kappa shape index (κ3) is 4.42. The van der Waals surface area contributed by atoms with E-state index in [1.165, 1.54) is 5.56 Å². The summed E-state index contributed by atoms with van der Waals surface area (Å²) in [6, 6.07) is 4.06. The van der Waals surface area contributed by atoms with E-state index in [0.29, 0.717) is 6.61 Å². The summed E-state index contributed by atoms with van der Waals surface area (Å²) in [5, 5.41) is 0. The van der Waals surface area contributed by atoms with Gasteiger partial charge in [0.2, 0.25) is 0 Å². The fourth-order valence-electron chi connectivity index (χ4n) is 2.06. The van der Waals surface area contributed by atoms with Crippen molar-refractivity contribution in [1.29, 1.82) is 0 Å². The van der Waals surface area contributed by atoms with Gasteiger partial charge in [0, 0.05) is 6.61 Å². The van der Waals surface area contributed by atoms with Gasteiger partial charge in [0.05, 0.1) is 18.1 Å². The fraction of sp³-hybridized carbons (Fsp3) is 0.571. The Kier molecular flexibility index (Phi) is 5.35. The molecule has 0 unspecified atom stereocenters. The standard InChI is InChI=1S/C14H22O3S/c1-5-17-6-7-18(15,16)10-14-12(3)8-11(2)9-13(14)4/h8-9H,5-7,10H2,1-4H3. The Balaban J connectivity index is 2.84. The van der Waals surface area contributed by atoms with E-state index in [9.17, 15) is 8.42 Å². The highest BCUT2D eigenvalue weighted by atomic mass is 32.2. The van der Waals surface area contributed by atoms with Crippen molar-refractivity contribution in [3.05, 3.63) is 34.4 Å². The molecule has 0 fully saturated rings. The maximum Gasteiger partial charge on any atom is 0.156 e. The smallest absolute Gasteiger partial charge is 0.156 e. The van der Waals surface area contributed by atoms with Crippen LogP contribution in [0.15, 0.2) is 12.1 Å². The molecule has 4 heteroatoms. The van der Waals surface area contributed by atoms with Crippen LogP contribution in [0, 0.1) is 20.8 Å². The summed E-state index contributed by atoms with van der Waals surface area (Å²) in [6.45, 7) is 8.65. The van der Waals surface area contributed by atoms with Crippen LogP contribution in [-0.4, -0.2) is 27.4 Å². The van der Waals surface area contributed by atoms with Crippen LogP contribution < -0.4 is 0 Å². The minimum atomic E-state index is -3.09. The third-order valence-electron chi connectivity index (χ3n) is 2.95. The Bertz CT molecular complexity index is 481. The van der Waals surface area contributed by atoms with Gasteiger partial charge in [-0.2, -0.15) is 0 Å². The maximum atomic E-state index is 12.0. The Morgan fingerprint density at radius 3 is 2.17 bits per heavy atom. The summed E-state index contributed by atoms with van der Waals surface area (Å²) in [6.07, 6.45) is 0. The summed E-state index contributed by atoms with van der Waals surface area (Å²) in [5.41, 5.74) is 4.19. The molecule has 0 saturated heterocycles. The molecule has 1 rings (SSSR count). The first-order chi connectivity index (χ1) is 8.35. The summed E-state index contributed by atoms with van der Waals surface area (Å²) in [5.74, 6) is 0.200. The minimum Gasteiger partial charge on any atom is -0.381 e. The van der Waals surface area contributed by atoms with Gasteiger partial charge in [-0.15, -0.1) is 0 Å². The molecule has 0 aliphatic heterocycles. The van der Waals surface area contributed by atoms with Crippen LogP contribution in [0.25, 0.3) is 0 Å². The molecule has 18 heavy (non-hydrogen) atoms. The van der Waals surface area contributed by atoms with Crippen LogP contribution in [0.3, 0.4) is 0 Å². The second kappa shape index (κ2) is 6.34. The molecular formula is C14H22O3S. The summed E-state index contributed by atoms with van der Waals surface area (Å²) in [7, 11) is -3.09. The van der Waals surface area contributed by atoms with Gasteiger partial charge in [-0.05, 0) is 44.4 Å². The number of rotatable bonds is 6. The van der Waals surface area contributed by atoms with Gasteiger partial charge in [0.1, 0.15) is 0 Å². The quantitative estimate of drug-likeness (QED) is 0.746. The van der Waals surface area contributed by atoms with Crippen molar-refractivity contribution in [2.75, 3.05) is 19.0 Å². The van der Waals surface area contributed by atoms with Crippen LogP contribution in [-0.2, 0) is 20.3 Å². The van der Waals surface area contributed by atoms with Crippen LogP contribution in [0.2, 0.25) is 0 Å². The molecule has 0 atom stereocenters. The Morgan fingerprint density at radius 1 is 1.11 bits per heavy atom. The molecule has 1 aromatic carbocycles. The molecule has 102 valence electrons. The Morgan fingerprint density at radius 2 is 1.67 bits per heavy atom. The van der Waals surface area contributed by atoms with Gasteiger partial charge < -0.3 is 4.74 Å². The molecule has 0 radical (unpaired) electrons. The Labute approximate surface area is 110 Å². The number of sulfone groups is 1. The molecule has 0 aromatic heterocycles. The lowest BCUT2D eigenvalue weighted by Gasteiger charge is -2.12. The second-order valence-corrected chi connectivity index (χ2v) is 6.85. The molecule has 0 spiro atoms. The van der Waals surface area contributed by atoms with E-state index in [2.05, 4.69) is 0 Å². The van der Waals surface area contributed by atoms with Crippen molar-refractivity contribution in [2.24, 2.45) is 0 Å². The van der Waals surface area contributed by atoms with Crippen molar-refractivity contribution in [2.45, 2.75) is 33.4 Å². The summed E-state index contributed by atoms with van der Waals surface area (Å²) < 4.78 is 29.1. The normalized spacial score (nSPS) is 11.8. The summed E-state index contributed by atoms with van der Waals surface area (Å²) in [4.78, 5) is 0. The average Bonchev–Trinajstić information content (AvgIpc) is 2.23. The first-order valence-corrected chi connectivity index (χ1v) is 8.02. The van der Waals surface area contributed by atoms with Crippen LogP contribution in [0.4, 0.5) is 0 Å². The zero-order valence-corrected chi connectivity index (χ0v) is 12.4. The van der Waals surface area contributed by atoms with E-state index in [0.717, 1.165) is 16.7 Å². The highest BCUT2D eigenvalue weighted by Gasteiger charge is 2.15. The lowest BCUT2D eigenvalue weighted by Crippen LogP contribution is -2.15. The van der Waals surface area contributed by atoms with Gasteiger partial charge in [0.25, 0.3) is 0 Å². The molecule has 0 saturated carbocycles. The monoisotopic (exact) mass is 270 g/mol. The van der Waals surface area contributed by atoms with E-state index in [4.69, 9.17) is 4.74 Å². The zero-order valence-electron chi connectivity index (χ0n) is 11.6. The van der Waals surface area contributed by atoms with Crippen molar-refractivity contribution in [1.82, 2.24) is 0 Å². The molecular weight excluding hydrogens is 248 g/mol. The van der Waals surface area contributed by atoms with Gasteiger partial charge >= 0.3 is 0 Å². The average molecular weight is 270 g/mol. The lowest BCUT2D eigenvalue weighted by atomic mass is 10.0. The van der Waals surface area contributed by atoms with E-state index >= 15 is 0 Å². The van der Waals surface area contributed by atoms with Crippen molar-refractivity contribution in [3.8, 4) is 0 Å². The largest absolute Gasteiger partial charge is 0.381 e. The topological polar surface area (TPSA) is 43.4 Å². The highest BCUT2D eigenvalue weighted by Crippen LogP contribution is 2.19. The van der Waals surface area contributed by atoms with Crippen molar-refractivity contribution in [3.63, 3.8) is 0 Å². The number of ether oxygens (including phenoxy) is 1. The number of benzene rings is 1. The molecule has 0 amide bonds. The van der Waals surface area contributed by atoms with Crippen molar-refractivity contribution < 1.29 is 13.2 Å². The minimum absolute atomic E-state index is 0.0909. The first kappa shape index (κ1) is 15.2. The predicted octanol–water partition coefficient (Wildman–Crippen LogP) is 2.56. The molecule has 0 heterocycles. The first-order valence-electron chi connectivity index (χ1n) is 6.20. The van der Waals surface area contributed by atoms with Crippen LogP contribution in [0.5, 0.6) is 0 Å². The molecule has 0 N–H and O–H groups in total. The molecule has 0 aliphatic carbocycles. The SMILES string of the molecule is CCOCCS(=O)(=O)Cc1c(C)cc(C)cc1C. The number of aryl methyl sites for hydroxylation is 3. The third-order valence-corrected chi connectivity index (χ3v) is 4.46. The Hall–Kier alpha value is -0.870. The molecule has 1 aromatic rings. The van der Waals surface area contributed by atoms with Gasteiger partial charge in [-0.25, -0.2) is 8.42 Å². The van der Waals surface area contributed by atoms with E-state index in [1.54, 1.807) is 0 Å². The maximum absolute atomic E-state index is 12.0. The summed E-state index contributed by atoms with van der Waals surface area (Å²) >= 11 is 0. The van der Waals surface area contributed by atoms with Gasteiger partial charge in [-0.3, -0.25) is 0 Å². The van der Waals surface area contributed by atoms with Crippen LogP contribution >= 0.6 is 0 Å².